The predicted molar refractivity (Wildman–Crippen MR) is 112 cm³/mol. The molecule has 0 aromatic heterocycles. The highest BCUT2D eigenvalue weighted by Crippen LogP contribution is 2.29. The summed E-state index contributed by atoms with van der Waals surface area (Å²) in [6.45, 7) is 4.21. The number of carboxylic acid groups (broad SMARTS) is 1. The lowest BCUT2D eigenvalue weighted by Crippen LogP contribution is -2.04. The molecule has 0 aliphatic rings. The van der Waals surface area contributed by atoms with E-state index in [9.17, 15) is 15.0 Å². The van der Waals surface area contributed by atoms with Gasteiger partial charge < -0.3 is 10.2 Å². The van der Waals surface area contributed by atoms with Gasteiger partial charge in [-0.1, -0.05) is 68.4 Å². The first-order chi connectivity index (χ1) is 13.5. The molecular formula is C25H26O3. The van der Waals surface area contributed by atoms with Gasteiger partial charge in [-0.3, -0.25) is 0 Å². The lowest BCUT2D eigenvalue weighted by Gasteiger charge is -2.14. The van der Waals surface area contributed by atoms with Crippen molar-refractivity contribution in [2.75, 3.05) is 0 Å². The Morgan fingerprint density at radius 1 is 0.750 bits per heavy atom. The molecule has 0 aliphatic heterocycles. The van der Waals surface area contributed by atoms with E-state index in [0.29, 0.717) is 18.4 Å². The van der Waals surface area contributed by atoms with Gasteiger partial charge in [0.15, 0.2) is 0 Å². The van der Waals surface area contributed by atoms with Gasteiger partial charge in [0.25, 0.3) is 0 Å². The number of aromatic hydroxyl groups is 1. The molecule has 0 saturated carbocycles. The molecule has 3 aromatic carbocycles. The van der Waals surface area contributed by atoms with Crippen molar-refractivity contribution in [3.8, 4) is 5.75 Å². The Kier molecular flexibility index (Phi) is 6.15. The fourth-order valence-electron chi connectivity index (χ4n) is 3.74. The highest BCUT2D eigenvalue weighted by molar-refractivity contribution is 5.91. The van der Waals surface area contributed by atoms with Crippen molar-refractivity contribution in [3.63, 3.8) is 0 Å². The van der Waals surface area contributed by atoms with Crippen LogP contribution >= 0.6 is 0 Å². The van der Waals surface area contributed by atoms with Crippen LogP contribution in [0.25, 0.3) is 0 Å². The standard InChI is InChI=1S/C25H26O3/c1-3-18-9-5-7-11-20(18)13-17-14-22(24(26)23(15-17)25(27)28)16-21-12-8-6-10-19(21)4-2/h5-12,14-15,26H,3-4,13,16H2,1-2H3,(H,27,28). The van der Waals surface area contributed by atoms with Gasteiger partial charge in [-0.05, 0) is 58.7 Å². The van der Waals surface area contributed by atoms with Crippen LogP contribution in [0.1, 0.15) is 57.6 Å². The maximum Gasteiger partial charge on any atom is 0.339 e. The first-order valence-corrected chi connectivity index (χ1v) is 9.75. The van der Waals surface area contributed by atoms with E-state index in [0.717, 1.165) is 24.0 Å². The number of benzene rings is 3. The Labute approximate surface area is 166 Å². The normalized spacial score (nSPS) is 10.8. The molecule has 0 unspecified atom stereocenters. The van der Waals surface area contributed by atoms with Gasteiger partial charge in [0.2, 0.25) is 0 Å². The Hall–Kier alpha value is -3.07. The summed E-state index contributed by atoms with van der Waals surface area (Å²) in [6.07, 6.45) is 2.98. The molecule has 3 nitrogen and oxygen atoms in total. The van der Waals surface area contributed by atoms with Crippen LogP contribution in [-0.4, -0.2) is 16.2 Å². The number of rotatable bonds is 7. The third-order valence-electron chi connectivity index (χ3n) is 5.25. The van der Waals surface area contributed by atoms with E-state index in [1.165, 1.54) is 16.7 Å². The van der Waals surface area contributed by atoms with Crippen molar-refractivity contribution in [3.05, 3.63) is 99.6 Å². The van der Waals surface area contributed by atoms with Crippen molar-refractivity contribution in [2.45, 2.75) is 39.5 Å². The van der Waals surface area contributed by atoms with Crippen LogP contribution in [0.2, 0.25) is 0 Å². The largest absolute Gasteiger partial charge is 0.507 e. The topological polar surface area (TPSA) is 57.5 Å². The average molecular weight is 374 g/mol. The van der Waals surface area contributed by atoms with Gasteiger partial charge in [-0.15, -0.1) is 0 Å². The molecule has 3 rings (SSSR count). The number of hydrogen-bond acceptors (Lipinski definition) is 2. The molecular weight excluding hydrogens is 348 g/mol. The van der Waals surface area contributed by atoms with E-state index < -0.39 is 5.97 Å². The summed E-state index contributed by atoms with van der Waals surface area (Å²) >= 11 is 0. The van der Waals surface area contributed by atoms with Crippen molar-refractivity contribution in [1.82, 2.24) is 0 Å². The van der Waals surface area contributed by atoms with Crippen molar-refractivity contribution < 1.29 is 15.0 Å². The maximum atomic E-state index is 11.7. The molecule has 0 saturated heterocycles. The van der Waals surface area contributed by atoms with Gasteiger partial charge in [0, 0.05) is 6.42 Å². The van der Waals surface area contributed by atoms with E-state index in [-0.39, 0.29) is 11.3 Å². The Balaban J connectivity index is 2.04. The quantitative estimate of drug-likeness (QED) is 0.582. The third kappa shape index (κ3) is 4.25. The van der Waals surface area contributed by atoms with Crippen LogP contribution in [0.4, 0.5) is 0 Å². The first-order valence-electron chi connectivity index (χ1n) is 9.75. The van der Waals surface area contributed by atoms with E-state index in [2.05, 4.69) is 32.0 Å². The van der Waals surface area contributed by atoms with Gasteiger partial charge in [-0.2, -0.15) is 0 Å². The van der Waals surface area contributed by atoms with Crippen molar-refractivity contribution >= 4 is 5.97 Å². The Bertz CT molecular complexity index is 989. The molecule has 3 heteroatoms. The lowest BCUT2D eigenvalue weighted by molar-refractivity contribution is 0.0693. The molecule has 144 valence electrons. The summed E-state index contributed by atoms with van der Waals surface area (Å²) in [5, 5.41) is 20.2. The first kappa shape index (κ1) is 19.7. The molecule has 0 amide bonds. The highest BCUT2D eigenvalue weighted by atomic mass is 16.4. The maximum absolute atomic E-state index is 11.7. The number of aromatic carboxylic acids is 1. The molecule has 2 N–H and O–H groups in total. The second-order valence-corrected chi connectivity index (χ2v) is 7.05. The molecule has 0 aliphatic carbocycles. The van der Waals surface area contributed by atoms with Crippen LogP contribution in [0.3, 0.4) is 0 Å². The van der Waals surface area contributed by atoms with E-state index in [1.807, 2.05) is 36.4 Å². The second kappa shape index (κ2) is 8.75. The zero-order valence-electron chi connectivity index (χ0n) is 16.4. The minimum atomic E-state index is -1.10. The molecule has 0 bridgehead atoms. The minimum absolute atomic E-state index is 0.0320. The van der Waals surface area contributed by atoms with E-state index in [1.54, 1.807) is 6.07 Å². The van der Waals surface area contributed by atoms with Gasteiger partial charge in [-0.25, -0.2) is 4.79 Å². The molecule has 0 fully saturated rings. The van der Waals surface area contributed by atoms with Crippen LogP contribution in [0, 0.1) is 0 Å². The van der Waals surface area contributed by atoms with Crippen molar-refractivity contribution in [2.24, 2.45) is 0 Å². The monoisotopic (exact) mass is 374 g/mol. The number of phenols is 1. The number of hydrogen-bond donors (Lipinski definition) is 2. The number of aryl methyl sites for hydroxylation is 2. The van der Waals surface area contributed by atoms with E-state index in [4.69, 9.17) is 0 Å². The Morgan fingerprint density at radius 3 is 1.75 bits per heavy atom. The SMILES string of the molecule is CCc1ccccc1Cc1cc(Cc2ccccc2CC)c(O)c(C(=O)O)c1. The summed E-state index contributed by atoms with van der Waals surface area (Å²) in [7, 11) is 0. The lowest BCUT2D eigenvalue weighted by atomic mass is 9.92. The average Bonchev–Trinajstić information content (AvgIpc) is 2.70. The number of carboxylic acids is 1. The summed E-state index contributed by atoms with van der Waals surface area (Å²) in [6, 6.07) is 19.8. The molecule has 0 atom stereocenters. The van der Waals surface area contributed by atoms with Crippen molar-refractivity contribution in [1.29, 1.82) is 0 Å². The van der Waals surface area contributed by atoms with Crippen LogP contribution in [0.15, 0.2) is 60.7 Å². The molecule has 3 aromatic rings. The minimum Gasteiger partial charge on any atom is -0.507 e. The molecule has 0 radical (unpaired) electrons. The molecule has 28 heavy (non-hydrogen) atoms. The summed E-state index contributed by atoms with van der Waals surface area (Å²) in [5.74, 6) is -1.24. The van der Waals surface area contributed by atoms with Crippen LogP contribution < -0.4 is 0 Å². The van der Waals surface area contributed by atoms with E-state index >= 15 is 0 Å². The van der Waals surface area contributed by atoms with Gasteiger partial charge in [0.1, 0.15) is 11.3 Å². The van der Waals surface area contributed by atoms with Crippen LogP contribution in [0.5, 0.6) is 5.75 Å². The predicted octanol–water partition coefficient (Wildman–Crippen LogP) is 5.40. The second-order valence-electron chi connectivity index (χ2n) is 7.05. The summed E-state index contributed by atoms with van der Waals surface area (Å²) in [5.41, 5.74) is 6.29. The smallest absolute Gasteiger partial charge is 0.339 e. The fourth-order valence-corrected chi connectivity index (χ4v) is 3.74. The Morgan fingerprint density at radius 2 is 1.25 bits per heavy atom. The van der Waals surface area contributed by atoms with Gasteiger partial charge in [0.05, 0.1) is 0 Å². The third-order valence-corrected chi connectivity index (χ3v) is 5.25. The van der Waals surface area contributed by atoms with Crippen LogP contribution in [-0.2, 0) is 25.7 Å². The number of carbonyl (C=O) groups is 1. The molecule has 0 spiro atoms. The van der Waals surface area contributed by atoms with Gasteiger partial charge >= 0.3 is 5.97 Å². The summed E-state index contributed by atoms with van der Waals surface area (Å²) < 4.78 is 0. The zero-order chi connectivity index (χ0) is 20.1. The molecule has 0 heterocycles. The fraction of sp³-hybridized carbons (Fsp3) is 0.240. The highest BCUT2D eigenvalue weighted by Gasteiger charge is 2.17. The summed E-state index contributed by atoms with van der Waals surface area (Å²) in [4.78, 5) is 11.7. The zero-order valence-corrected chi connectivity index (χ0v) is 16.4.